The van der Waals surface area contributed by atoms with Crippen molar-refractivity contribution in [3.8, 4) is 11.3 Å². The van der Waals surface area contributed by atoms with Crippen LogP contribution in [0.5, 0.6) is 0 Å². The summed E-state index contributed by atoms with van der Waals surface area (Å²) in [6.45, 7) is 3.78. The normalized spacial score (nSPS) is 11.2. The Morgan fingerprint density at radius 2 is 2.12 bits per heavy atom. The van der Waals surface area contributed by atoms with Gasteiger partial charge in [-0.2, -0.15) is 0 Å². The molecule has 0 aliphatic heterocycles. The highest BCUT2D eigenvalue weighted by Crippen LogP contribution is 2.28. The van der Waals surface area contributed by atoms with Crippen LogP contribution in [0.2, 0.25) is 0 Å². The number of aryl methyl sites for hydroxylation is 2. The van der Waals surface area contributed by atoms with E-state index in [0.717, 1.165) is 22.7 Å². The summed E-state index contributed by atoms with van der Waals surface area (Å²) in [5, 5.41) is 11.8. The molecule has 0 aliphatic rings. The summed E-state index contributed by atoms with van der Waals surface area (Å²) in [7, 11) is 0. The number of hydrogen-bond donors (Lipinski definition) is 1. The van der Waals surface area contributed by atoms with Crippen LogP contribution in [0.4, 0.5) is 5.69 Å². The third-order valence-electron chi connectivity index (χ3n) is 2.78. The molecule has 3 rings (SSSR count). The average Bonchev–Trinajstić information content (AvgIpc) is 2.89. The van der Waals surface area contributed by atoms with Gasteiger partial charge in [-0.3, -0.25) is 4.40 Å². The fraction of sp³-hybridized carbons (Fsp3) is 0.182. The highest BCUT2D eigenvalue weighted by atomic mass is 16.5. The van der Waals surface area contributed by atoms with E-state index in [1.54, 1.807) is 6.33 Å². The zero-order valence-electron chi connectivity index (χ0n) is 9.51. The van der Waals surface area contributed by atoms with Crippen molar-refractivity contribution in [3.63, 3.8) is 0 Å². The fourth-order valence-electron chi connectivity index (χ4n) is 1.98. The molecule has 0 bridgehead atoms. The van der Waals surface area contributed by atoms with Gasteiger partial charge >= 0.3 is 0 Å². The molecule has 0 aliphatic carbocycles. The van der Waals surface area contributed by atoms with Crippen molar-refractivity contribution in [2.24, 2.45) is 0 Å². The molecule has 3 aromatic rings. The lowest BCUT2D eigenvalue weighted by molar-refractivity contribution is 0.393. The van der Waals surface area contributed by atoms with E-state index in [4.69, 9.17) is 10.3 Å². The molecule has 0 fully saturated rings. The first-order valence-corrected chi connectivity index (χ1v) is 5.20. The minimum atomic E-state index is 0.595. The number of pyridine rings is 1. The predicted octanol–water partition coefficient (Wildman–Crippen LogP) is 1.58. The largest absolute Gasteiger partial charge is 0.396 e. The van der Waals surface area contributed by atoms with Crippen LogP contribution in [-0.4, -0.2) is 19.8 Å². The first kappa shape index (κ1) is 9.83. The van der Waals surface area contributed by atoms with E-state index in [2.05, 4.69) is 15.4 Å². The molecule has 0 radical (unpaired) electrons. The molecule has 0 saturated carbocycles. The quantitative estimate of drug-likeness (QED) is 0.685. The van der Waals surface area contributed by atoms with Gasteiger partial charge < -0.3 is 10.3 Å². The summed E-state index contributed by atoms with van der Waals surface area (Å²) < 4.78 is 7.01. The number of nitrogens with two attached hydrogens (primary N) is 1. The second kappa shape index (κ2) is 3.31. The van der Waals surface area contributed by atoms with Crippen LogP contribution in [0, 0.1) is 13.8 Å². The predicted molar refractivity (Wildman–Crippen MR) is 62.4 cm³/mol. The maximum Gasteiger partial charge on any atom is 0.184 e. The standard InChI is InChI=1S/C11H11N5O/c1-6-10(7(2)17-15-6)9-4-3-8(12)11-14-13-5-16(9)11/h3-5H,12H2,1-2H3. The molecule has 2 N–H and O–H groups in total. The molecule has 0 atom stereocenters. The lowest BCUT2D eigenvalue weighted by Crippen LogP contribution is -1.97. The Labute approximate surface area is 97.0 Å². The maximum absolute atomic E-state index is 5.84. The molecule has 0 spiro atoms. The average molecular weight is 229 g/mol. The van der Waals surface area contributed by atoms with Gasteiger partial charge in [0.05, 0.1) is 22.6 Å². The Morgan fingerprint density at radius 3 is 2.82 bits per heavy atom. The minimum Gasteiger partial charge on any atom is -0.396 e. The van der Waals surface area contributed by atoms with E-state index in [1.807, 2.05) is 30.4 Å². The zero-order chi connectivity index (χ0) is 12.0. The number of rotatable bonds is 1. The molecular formula is C11H11N5O. The Morgan fingerprint density at radius 1 is 1.29 bits per heavy atom. The van der Waals surface area contributed by atoms with Crippen LogP contribution in [0.25, 0.3) is 16.9 Å². The van der Waals surface area contributed by atoms with Crippen molar-refractivity contribution in [1.29, 1.82) is 0 Å². The lowest BCUT2D eigenvalue weighted by Gasteiger charge is -2.05. The maximum atomic E-state index is 5.84. The summed E-state index contributed by atoms with van der Waals surface area (Å²) in [5.41, 5.74) is 9.79. The first-order chi connectivity index (χ1) is 8.18. The van der Waals surface area contributed by atoms with Crippen LogP contribution in [-0.2, 0) is 0 Å². The van der Waals surface area contributed by atoms with Crippen molar-refractivity contribution in [1.82, 2.24) is 19.8 Å². The smallest absolute Gasteiger partial charge is 0.184 e. The third kappa shape index (κ3) is 1.30. The monoisotopic (exact) mass is 229 g/mol. The van der Waals surface area contributed by atoms with E-state index in [1.165, 1.54) is 0 Å². The van der Waals surface area contributed by atoms with E-state index < -0.39 is 0 Å². The Hall–Kier alpha value is -2.37. The van der Waals surface area contributed by atoms with Crippen molar-refractivity contribution >= 4 is 11.3 Å². The zero-order valence-corrected chi connectivity index (χ0v) is 9.51. The van der Waals surface area contributed by atoms with Crippen LogP contribution in [0.15, 0.2) is 23.0 Å². The highest BCUT2D eigenvalue weighted by molar-refractivity contribution is 5.73. The number of fused-ring (bicyclic) bond motifs is 1. The molecule has 0 amide bonds. The van der Waals surface area contributed by atoms with E-state index in [0.29, 0.717) is 11.3 Å². The van der Waals surface area contributed by atoms with Gasteiger partial charge in [0.15, 0.2) is 5.65 Å². The molecule has 0 saturated heterocycles. The topological polar surface area (TPSA) is 82.2 Å². The molecule has 6 heteroatoms. The summed E-state index contributed by atoms with van der Waals surface area (Å²) in [6, 6.07) is 3.73. The van der Waals surface area contributed by atoms with Crippen LogP contribution in [0.3, 0.4) is 0 Å². The number of hydrogen-bond acceptors (Lipinski definition) is 5. The Balaban J connectivity index is 2.39. The highest BCUT2D eigenvalue weighted by Gasteiger charge is 2.15. The number of anilines is 1. The van der Waals surface area contributed by atoms with Gasteiger partial charge in [-0.25, -0.2) is 0 Å². The second-order valence-electron chi connectivity index (χ2n) is 3.90. The minimum absolute atomic E-state index is 0.595. The summed E-state index contributed by atoms with van der Waals surface area (Å²) in [5.74, 6) is 0.766. The molecule has 6 nitrogen and oxygen atoms in total. The van der Waals surface area contributed by atoms with Crippen molar-refractivity contribution in [2.75, 3.05) is 5.73 Å². The van der Waals surface area contributed by atoms with Gasteiger partial charge in [-0.15, -0.1) is 10.2 Å². The summed E-state index contributed by atoms with van der Waals surface area (Å²) in [6.07, 6.45) is 1.63. The van der Waals surface area contributed by atoms with Crippen molar-refractivity contribution < 1.29 is 4.52 Å². The molecule has 86 valence electrons. The van der Waals surface area contributed by atoms with Gasteiger partial charge in [0.1, 0.15) is 12.1 Å². The van der Waals surface area contributed by atoms with Gasteiger partial charge in [-0.1, -0.05) is 5.16 Å². The molecule has 3 heterocycles. The van der Waals surface area contributed by atoms with Gasteiger partial charge in [0, 0.05) is 0 Å². The third-order valence-corrected chi connectivity index (χ3v) is 2.78. The molecular weight excluding hydrogens is 218 g/mol. The van der Waals surface area contributed by atoms with E-state index >= 15 is 0 Å². The molecule has 0 aromatic carbocycles. The summed E-state index contributed by atoms with van der Waals surface area (Å²) >= 11 is 0. The van der Waals surface area contributed by atoms with Crippen molar-refractivity contribution in [3.05, 3.63) is 29.9 Å². The molecule has 17 heavy (non-hydrogen) atoms. The number of nitrogens with zero attached hydrogens (tertiary/aromatic N) is 4. The molecule has 3 aromatic heterocycles. The van der Waals surface area contributed by atoms with Gasteiger partial charge in [0.2, 0.25) is 0 Å². The number of nitrogen functional groups attached to an aromatic ring is 1. The van der Waals surface area contributed by atoms with Crippen LogP contribution in [0.1, 0.15) is 11.5 Å². The van der Waals surface area contributed by atoms with Gasteiger partial charge in [0.25, 0.3) is 0 Å². The lowest BCUT2D eigenvalue weighted by atomic mass is 10.1. The molecule has 0 unspecified atom stereocenters. The van der Waals surface area contributed by atoms with Gasteiger partial charge in [-0.05, 0) is 26.0 Å². The fourth-order valence-corrected chi connectivity index (χ4v) is 1.98. The summed E-state index contributed by atoms with van der Waals surface area (Å²) in [4.78, 5) is 0. The number of aromatic nitrogens is 4. The first-order valence-electron chi connectivity index (χ1n) is 5.20. The Kier molecular flexibility index (Phi) is 1.91. The van der Waals surface area contributed by atoms with E-state index in [-0.39, 0.29) is 0 Å². The van der Waals surface area contributed by atoms with Crippen molar-refractivity contribution in [2.45, 2.75) is 13.8 Å². The second-order valence-corrected chi connectivity index (χ2v) is 3.90. The Bertz CT molecular complexity index is 678. The van der Waals surface area contributed by atoms with Crippen LogP contribution >= 0.6 is 0 Å². The SMILES string of the molecule is Cc1noc(C)c1-c1ccc(N)c2nncn12. The van der Waals surface area contributed by atoms with E-state index in [9.17, 15) is 0 Å². The van der Waals surface area contributed by atoms with Crippen LogP contribution < -0.4 is 5.73 Å².